The van der Waals surface area contributed by atoms with Crippen molar-refractivity contribution in [1.82, 2.24) is 4.90 Å². The molecule has 4 rings (SSSR count). The summed E-state index contributed by atoms with van der Waals surface area (Å²) in [7, 11) is 2.59. The summed E-state index contributed by atoms with van der Waals surface area (Å²) in [5, 5.41) is 1.64. The molecule has 0 saturated carbocycles. The molecule has 1 saturated heterocycles. The van der Waals surface area contributed by atoms with Gasteiger partial charge in [0.05, 0.1) is 35.4 Å². The van der Waals surface area contributed by atoms with Gasteiger partial charge in [0, 0.05) is 0 Å². The van der Waals surface area contributed by atoms with E-state index in [1.807, 2.05) is 0 Å². The Kier molecular flexibility index (Phi) is 9.32. The standard InChI is InChI=1S/C28H21ClF4N2O6S/c1-39-21-8-5-17(28(31,32)33)12-20(21)34-24(36)13-35-26(37)23(42-27(35)38)11-16-9-19(29)25(22(10-16)40-2)41-14-15-3-6-18(30)7-4-15/h3-12H,13-14H2,1-2H3,(H,34,36)/b23-11-. The lowest BCUT2D eigenvalue weighted by atomic mass is 10.1. The number of carbonyl (C=O) groups excluding carboxylic acids is 3. The van der Waals surface area contributed by atoms with E-state index in [1.165, 1.54) is 44.6 Å². The summed E-state index contributed by atoms with van der Waals surface area (Å²) in [6.45, 7) is -0.676. The number of thioether (sulfide) groups is 1. The largest absolute Gasteiger partial charge is 0.495 e. The van der Waals surface area contributed by atoms with Crippen LogP contribution in [-0.4, -0.2) is 42.7 Å². The molecule has 220 valence electrons. The Labute approximate surface area is 246 Å². The number of carbonyl (C=O) groups is 3. The molecule has 42 heavy (non-hydrogen) atoms. The number of nitrogens with zero attached hydrogens (tertiary/aromatic N) is 1. The van der Waals surface area contributed by atoms with Crippen molar-refractivity contribution in [2.24, 2.45) is 0 Å². The Hall–Kier alpha value is -4.23. The first-order valence-electron chi connectivity index (χ1n) is 11.9. The first-order chi connectivity index (χ1) is 19.9. The number of rotatable bonds is 9. The fourth-order valence-electron chi connectivity index (χ4n) is 3.80. The number of imide groups is 1. The molecule has 0 atom stereocenters. The van der Waals surface area contributed by atoms with E-state index in [-0.39, 0.29) is 45.3 Å². The topological polar surface area (TPSA) is 94.2 Å². The van der Waals surface area contributed by atoms with Gasteiger partial charge in [-0.15, -0.1) is 0 Å². The van der Waals surface area contributed by atoms with E-state index < -0.39 is 35.3 Å². The average Bonchev–Trinajstić information content (AvgIpc) is 3.19. The highest BCUT2D eigenvalue weighted by atomic mass is 35.5. The van der Waals surface area contributed by atoms with Crippen LogP contribution in [0.5, 0.6) is 17.2 Å². The second-order valence-corrected chi connectivity index (χ2v) is 10.1. The molecule has 8 nitrogen and oxygen atoms in total. The molecule has 0 aromatic heterocycles. The van der Waals surface area contributed by atoms with Gasteiger partial charge in [-0.1, -0.05) is 23.7 Å². The molecular weight excluding hydrogens is 604 g/mol. The quantitative estimate of drug-likeness (QED) is 0.207. The summed E-state index contributed by atoms with van der Waals surface area (Å²) in [4.78, 5) is 38.7. The van der Waals surface area contributed by atoms with Gasteiger partial charge in [0.2, 0.25) is 5.91 Å². The minimum atomic E-state index is -4.67. The Morgan fingerprint density at radius 1 is 1.02 bits per heavy atom. The summed E-state index contributed by atoms with van der Waals surface area (Å²) >= 11 is 6.97. The van der Waals surface area contributed by atoms with Crippen LogP contribution in [-0.2, 0) is 22.4 Å². The van der Waals surface area contributed by atoms with Gasteiger partial charge in [0.1, 0.15) is 24.7 Å². The van der Waals surface area contributed by atoms with E-state index in [4.69, 9.17) is 25.8 Å². The predicted molar refractivity (Wildman–Crippen MR) is 148 cm³/mol. The average molecular weight is 625 g/mol. The van der Waals surface area contributed by atoms with Crippen LogP contribution in [0.15, 0.2) is 59.5 Å². The molecule has 0 aliphatic carbocycles. The van der Waals surface area contributed by atoms with Gasteiger partial charge in [-0.05, 0) is 71.4 Å². The van der Waals surface area contributed by atoms with E-state index in [0.29, 0.717) is 33.9 Å². The number of alkyl halides is 3. The normalized spacial score (nSPS) is 14.4. The Balaban J connectivity index is 1.48. The van der Waals surface area contributed by atoms with E-state index in [0.717, 1.165) is 12.1 Å². The lowest BCUT2D eigenvalue weighted by molar-refractivity contribution is -0.137. The Morgan fingerprint density at radius 3 is 2.36 bits per heavy atom. The van der Waals surface area contributed by atoms with Crippen LogP contribution in [0.1, 0.15) is 16.7 Å². The maximum Gasteiger partial charge on any atom is 0.416 e. The molecular formula is C28H21ClF4N2O6S. The minimum Gasteiger partial charge on any atom is -0.495 e. The summed E-state index contributed by atoms with van der Waals surface area (Å²) in [6.07, 6.45) is -3.29. The number of anilines is 1. The summed E-state index contributed by atoms with van der Waals surface area (Å²) in [6, 6.07) is 11.2. The van der Waals surface area contributed by atoms with Crippen molar-refractivity contribution >= 4 is 52.2 Å². The van der Waals surface area contributed by atoms with Gasteiger partial charge in [0.15, 0.2) is 11.5 Å². The minimum absolute atomic E-state index is 0.0254. The molecule has 3 aromatic carbocycles. The van der Waals surface area contributed by atoms with E-state index in [2.05, 4.69) is 5.32 Å². The number of methoxy groups -OCH3 is 2. The highest BCUT2D eigenvalue weighted by Crippen LogP contribution is 2.40. The second-order valence-electron chi connectivity index (χ2n) is 8.68. The van der Waals surface area contributed by atoms with Gasteiger partial charge in [-0.25, -0.2) is 4.39 Å². The third kappa shape index (κ3) is 7.15. The summed E-state index contributed by atoms with van der Waals surface area (Å²) < 4.78 is 68.6. The molecule has 0 unspecified atom stereocenters. The zero-order valence-corrected chi connectivity index (χ0v) is 23.5. The number of halogens is 5. The first-order valence-corrected chi connectivity index (χ1v) is 13.1. The molecule has 14 heteroatoms. The zero-order chi connectivity index (χ0) is 30.6. The number of ether oxygens (including phenoxy) is 3. The van der Waals surface area contributed by atoms with Crippen molar-refractivity contribution in [2.75, 3.05) is 26.1 Å². The molecule has 1 aliphatic rings. The molecule has 1 heterocycles. The van der Waals surface area contributed by atoms with Crippen LogP contribution < -0.4 is 19.5 Å². The fourth-order valence-corrected chi connectivity index (χ4v) is 4.91. The molecule has 0 radical (unpaired) electrons. The maximum atomic E-state index is 13.2. The lowest BCUT2D eigenvalue weighted by Crippen LogP contribution is -2.36. The van der Waals surface area contributed by atoms with Crippen LogP contribution in [0, 0.1) is 5.82 Å². The fraction of sp³-hybridized carbons (Fsp3) is 0.179. The van der Waals surface area contributed by atoms with Crippen LogP contribution >= 0.6 is 23.4 Å². The van der Waals surface area contributed by atoms with Crippen molar-refractivity contribution in [3.63, 3.8) is 0 Å². The Morgan fingerprint density at radius 2 is 1.71 bits per heavy atom. The number of nitrogens with one attached hydrogen (secondary N) is 1. The van der Waals surface area contributed by atoms with Crippen molar-refractivity contribution in [3.8, 4) is 17.2 Å². The number of hydrogen-bond acceptors (Lipinski definition) is 7. The van der Waals surface area contributed by atoms with Gasteiger partial charge in [-0.2, -0.15) is 13.2 Å². The molecule has 1 fully saturated rings. The number of benzene rings is 3. The molecule has 1 aliphatic heterocycles. The molecule has 1 N–H and O–H groups in total. The van der Waals surface area contributed by atoms with Crippen LogP contribution in [0.2, 0.25) is 5.02 Å². The lowest BCUT2D eigenvalue weighted by Gasteiger charge is -2.16. The van der Waals surface area contributed by atoms with Crippen molar-refractivity contribution in [3.05, 3.63) is 87.0 Å². The van der Waals surface area contributed by atoms with Gasteiger partial charge >= 0.3 is 6.18 Å². The maximum absolute atomic E-state index is 13.2. The van der Waals surface area contributed by atoms with E-state index in [1.54, 1.807) is 12.1 Å². The first kappa shape index (κ1) is 30.7. The van der Waals surface area contributed by atoms with Gasteiger partial charge in [0.25, 0.3) is 11.1 Å². The summed E-state index contributed by atoms with van der Waals surface area (Å²) in [5.41, 5.74) is -0.227. The second kappa shape index (κ2) is 12.7. The molecule has 0 bridgehead atoms. The smallest absolute Gasteiger partial charge is 0.416 e. The van der Waals surface area contributed by atoms with Crippen molar-refractivity contribution in [1.29, 1.82) is 0 Å². The monoisotopic (exact) mass is 624 g/mol. The van der Waals surface area contributed by atoms with Gasteiger partial charge < -0.3 is 19.5 Å². The van der Waals surface area contributed by atoms with Crippen LogP contribution in [0.3, 0.4) is 0 Å². The third-order valence-corrected chi connectivity index (χ3v) is 7.01. The SMILES string of the molecule is COc1ccc(C(F)(F)F)cc1NC(=O)CN1C(=O)S/C(=C\c2cc(Cl)c(OCc3ccc(F)cc3)c(OC)c2)C1=O. The Bertz CT molecular complexity index is 1560. The zero-order valence-electron chi connectivity index (χ0n) is 21.9. The predicted octanol–water partition coefficient (Wildman–Crippen LogP) is 6.77. The van der Waals surface area contributed by atoms with Crippen LogP contribution in [0.25, 0.3) is 6.08 Å². The van der Waals surface area contributed by atoms with E-state index >= 15 is 0 Å². The van der Waals surface area contributed by atoms with E-state index in [9.17, 15) is 31.9 Å². The van der Waals surface area contributed by atoms with Gasteiger partial charge in [-0.3, -0.25) is 19.3 Å². The van der Waals surface area contributed by atoms with Crippen molar-refractivity contribution in [2.45, 2.75) is 12.8 Å². The van der Waals surface area contributed by atoms with Crippen LogP contribution in [0.4, 0.5) is 28.0 Å². The highest BCUT2D eigenvalue weighted by molar-refractivity contribution is 8.18. The summed E-state index contributed by atoms with van der Waals surface area (Å²) in [5.74, 6) is -1.70. The highest BCUT2D eigenvalue weighted by Gasteiger charge is 2.37. The molecule has 3 amide bonds. The number of amides is 3. The van der Waals surface area contributed by atoms with Crippen molar-refractivity contribution < 1.29 is 46.2 Å². The molecule has 3 aromatic rings. The number of hydrogen-bond donors (Lipinski definition) is 1. The molecule has 0 spiro atoms. The third-order valence-electron chi connectivity index (χ3n) is 5.82.